The predicted molar refractivity (Wildman–Crippen MR) is 108 cm³/mol. The van der Waals surface area contributed by atoms with Gasteiger partial charge >= 0.3 is 23.9 Å². The van der Waals surface area contributed by atoms with Gasteiger partial charge in [-0.15, -0.1) is 0 Å². The summed E-state index contributed by atoms with van der Waals surface area (Å²) < 4.78 is 19.2. The Morgan fingerprint density at radius 2 is 1.20 bits per heavy atom. The Balaban J connectivity index is 3.78. The van der Waals surface area contributed by atoms with Crippen molar-refractivity contribution < 1.29 is 38.1 Å². The fourth-order valence-corrected chi connectivity index (χ4v) is 3.07. The standard InChI is InChI=1S/C21H25ClO8/c1-20(16(23)27-3,17(24)28-4)12-14(11-13-7-9-15(22)10-8-13)21(2,18(25)29-5)19(26)30-6/h7-11H,12H2,1-6H3/b14-11-. The van der Waals surface area contributed by atoms with Crippen LogP contribution in [-0.2, 0) is 38.1 Å². The van der Waals surface area contributed by atoms with Crippen LogP contribution in [0.2, 0.25) is 5.02 Å². The van der Waals surface area contributed by atoms with Crippen molar-refractivity contribution in [2.45, 2.75) is 20.3 Å². The van der Waals surface area contributed by atoms with Crippen LogP contribution in [0, 0.1) is 10.8 Å². The maximum atomic E-state index is 12.7. The Kier molecular flexibility index (Phi) is 8.60. The first-order chi connectivity index (χ1) is 14.0. The molecule has 0 radical (unpaired) electrons. The van der Waals surface area contributed by atoms with Gasteiger partial charge in [0.15, 0.2) is 10.8 Å². The SMILES string of the molecule is COC(=O)C(C)(C/C(=C/c1ccc(Cl)cc1)C(C)(C(=O)OC)C(=O)OC)C(=O)OC. The van der Waals surface area contributed by atoms with E-state index in [9.17, 15) is 19.2 Å². The van der Waals surface area contributed by atoms with E-state index in [0.29, 0.717) is 10.6 Å². The van der Waals surface area contributed by atoms with Crippen LogP contribution >= 0.6 is 11.6 Å². The van der Waals surface area contributed by atoms with Crippen molar-refractivity contribution in [2.75, 3.05) is 28.4 Å². The van der Waals surface area contributed by atoms with Gasteiger partial charge in [-0.25, -0.2) is 0 Å². The normalized spacial score (nSPS) is 12.0. The van der Waals surface area contributed by atoms with Gasteiger partial charge in [-0.1, -0.05) is 29.8 Å². The predicted octanol–water partition coefficient (Wildman–Crippen LogP) is 2.82. The van der Waals surface area contributed by atoms with Gasteiger partial charge in [0.25, 0.3) is 0 Å². The van der Waals surface area contributed by atoms with Gasteiger partial charge in [-0.05, 0) is 43.5 Å². The molecule has 9 heteroatoms. The van der Waals surface area contributed by atoms with Crippen molar-refractivity contribution in [1.29, 1.82) is 0 Å². The smallest absolute Gasteiger partial charge is 0.327 e. The molecule has 0 spiro atoms. The minimum absolute atomic E-state index is 0.0850. The van der Waals surface area contributed by atoms with Crippen molar-refractivity contribution in [1.82, 2.24) is 0 Å². The number of esters is 4. The number of methoxy groups -OCH3 is 4. The molecule has 0 unspecified atom stereocenters. The molecular weight excluding hydrogens is 416 g/mol. The van der Waals surface area contributed by atoms with Crippen LogP contribution in [0.5, 0.6) is 0 Å². The van der Waals surface area contributed by atoms with E-state index in [1.54, 1.807) is 24.3 Å². The number of carbonyl (C=O) groups is 4. The summed E-state index contributed by atoms with van der Waals surface area (Å²) in [4.78, 5) is 50.3. The summed E-state index contributed by atoms with van der Waals surface area (Å²) in [6.07, 6.45) is 1.12. The first-order valence-electron chi connectivity index (χ1n) is 8.81. The molecule has 0 aliphatic rings. The summed E-state index contributed by atoms with van der Waals surface area (Å²) in [5.41, 5.74) is -3.15. The topological polar surface area (TPSA) is 105 Å². The molecule has 0 aliphatic carbocycles. The molecular formula is C21H25ClO8. The van der Waals surface area contributed by atoms with E-state index in [0.717, 1.165) is 28.4 Å². The van der Waals surface area contributed by atoms with Crippen LogP contribution in [0.1, 0.15) is 25.8 Å². The molecule has 1 aromatic rings. The molecule has 8 nitrogen and oxygen atoms in total. The van der Waals surface area contributed by atoms with E-state index >= 15 is 0 Å². The average molecular weight is 441 g/mol. The van der Waals surface area contributed by atoms with Crippen molar-refractivity contribution in [3.05, 3.63) is 40.4 Å². The zero-order valence-corrected chi connectivity index (χ0v) is 18.5. The second kappa shape index (κ2) is 10.2. The summed E-state index contributed by atoms with van der Waals surface area (Å²) in [5, 5.41) is 0.478. The first-order valence-corrected chi connectivity index (χ1v) is 9.19. The van der Waals surface area contributed by atoms with Crippen molar-refractivity contribution in [3.63, 3.8) is 0 Å². The summed E-state index contributed by atoms with van der Waals surface area (Å²) in [6, 6.07) is 6.51. The minimum atomic E-state index is -1.95. The molecule has 0 aromatic heterocycles. The van der Waals surface area contributed by atoms with Gasteiger partial charge in [-0.2, -0.15) is 0 Å². The molecule has 0 aliphatic heterocycles. The number of rotatable bonds is 8. The lowest BCUT2D eigenvalue weighted by Gasteiger charge is -2.32. The molecule has 0 fully saturated rings. The molecule has 0 N–H and O–H groups in total. The van der Waals surface area contributed by atoms with Gasteiger partial charge in [-0.3, -0.25) is 19.2 Å². The molecule has 1 rings (SSSR count). The maximum absolute atomic E-state index is 12.7. The fourth-order valence-electron chi connectivity index (χ4n) is 2.95. The monoisotopic (exact) mass is 440 g/mol. The Labute approximate surface area is 180 Å². The summed E-state index contributed by atoms with van der Waals surface area (Å²) in [5.74, 6) is -3.64. The largest absolute Gasteiger partial charge is 0.468 e. The van der Waals surface area contributed by atoms with E-state index in [1.165, 1.54) is 19.9 Å². The molecule has 30 heavy (non-hydrogen) atoms. The number of halogens is 1. The number of hydrogen-bond acceptors (Lipinski definition) is 8. The quantitative estimate of drug-likeness (QED) is 0.345. The Morgan fingerprint density at radius 3 is 1.57 bits per heavy atom. The number of ether oxygens (including phenoxy) is 4. The van der Waals surface area contributed by atoms with Gasteiger partial charge in [0.2, 0.25) is 0 Å². The number of carbonyl (C=O) groups excluding carboxylic acids is 4. The van der Waals surface area contributed by atoms with Gasteiger partial charge in [0.1, 0.15) is 0 Å². The van der Waals surface area contributed by atoms with E-state index in [2.05, 4.69) is 0 Å². The Morgan fingerprint density at radius 1 is 0.800 bits per heavy atom. The molecule has 0 amide bonds. The summed E-state index contributed by atoms with van der Waals surface area (Å²) in [7, 11) is 4.46. The summed E-state index contributed by atoms with van der Waals surface area (Å²) in [6.45, 7) is 2.59. The zero-order chi connectivity index (χ0) is 23.1. The Hall–Kier alpha value is -2.87. The zero-order valence-electron chi connectivity index (χ0n) is 17.7. The molecule has 1 aromatic carbocycles. The molecule has 0 atom stereocenters. The first kappa shape index (κ1) is 25.2. The van der Waals surface area contributed by atoms with Crippen LogP contribution in [0.4, 0.5) is 0 Å². The second-order valence-electron chi connectivity index (χ2n) is 6.82. The maximum Gasteiger partial charge on any atom is 0.327 e. The van der Waals surface area contributed by atoms with E-state index in [4.69, 9.17) is 30.5 Å². The molecule has 0 saturated carbocycles. The van der Waals surface area contributed by atoms with Crippen molar-refractivity contribution in [2.24, 2.45) is 10.8 Å². The van der Waals surface area contributed by atoms with Crippen molar-refractivity contribution in [3.8, 4) is 0 Å². The molecule has 0 saturated heterocycles. The Bertz CT molecular complexity index is 809. The van der Waals surface area contributed by atoms with Crippen LogP contribution in [-0.4, -0.2) is 52.3 Å². The lowest BCUT2D eigenvalue weighted by atomic mass is 9.72. The van der Waals surface area contributed by atoms with Crippen LogP contribution in [0.25, 0.3) is 6.08 Å². The lowest BCUT2D eigenvalue weighted by Crippen LogP contribution is -2.45. The third-order valence-electron chi connectivity index (χ3n) is 4.86. The highest BCUT2D eigenvalue weighted by Gasteiger charge is 2.53. The van der Waals surface area contributed by atoms with E-state index < -0.39 is 34.7 Å². The molecule has 164 valence electrons. The van der Waals surface area contributed by atoms with Crippen LogP contribution in [0.15, 0.2) is 29.8 Å². The highest BCUT2D eigenvalue weighted by Crippen LogP contribution is 2.41. The lowest BCUT2D eigenvalue weighted by molar-refractivity contribution is -0.171. The number of benzene rings is 1. The van der Waals surface area contributed by atoms with E-state index in [1.807, 2.05) is 0 Å². The highest BCUT2D eigenvalue weighted by atomic mass is 35.5. The van der Waals surface area contributed by atoms with Crippen LogP contribution in [0.3, 0.4) is 0 Å². The third-order valence-corrected chi connectivity index (χ3v) is 5.11. The van der Waals surface area contributed by atoms with E-state index in [-0.39, 0.29) is 12.0 Å². The highest BCUT2D eigenvalue weighted by molar-refractivity contribution is 6.30. The number of hydrogen-bond donors (Lipinski definition) is 0. The van der Waals surface area contributed by atoms with Gasteiger partial charge in [0.05, 0.1) is 28.4 Å². The summed E-state index contributed by atoms with van der Waals surface area (Å²) >= 11 is 5.92. The average Bonchev–Trinajstić information content (AvgIpc) is 2.76. The molecule has 0 heterocycles. The fraction of sp³-hybridized carbons (Fsp3) is 0.429. The minimum Gasteiger partial charge on any atom is -0.468 e. The van der Waals surface area contributed by atoms with Crippen LogP contribution < -0.4 is 0 Å². The van der Waals surface area contributed by atoms with Gasteiger partial charge < -0.3 is 18.9 Å². The molecule has 0 bridgehead atoms. The second-order valence-corrected chi connectivity index (χ2v) is 7.26. The third kappa shape index (κ3) is 4.99. The van der Waals surface area contributed by atoms with Gasteiger partial charge in [0, 0.05) is 5.02 Å². The van der Waals surface area contributed by atoms with Crippen molar-refractivity contribution >= 4 is 41.6 Å².